The van der Waals surface area contributed by atoms with Gasteiger partial charge in [-0.15, -0.1) is 0 Å². The number of rotatable bonds is 8. The molecule has 1 aromatic carbocycles. The van der Waals surface area contributed by atoms with Crippen molar-refractivity contribution in [3.05, 3.63) is 58.1 Å². The molecule has 1 amide bonds. The third-order valence-electron chi connectivity index (χ3n) is 8.60. The van der Waals surface area contributed by atoms with Gasteiger partial charge in [-0.3, -0.25) is 19.3 Å². The molecule has 0 aliphatic heterocycles. The Morgan fingerprint density at radius 1 is 1.19 bits per heavy atom. The number of amides is 1. The monoisotopic (exact) mass is 581 g/mol. The number of carbonyl (C=O) groups excluding carboxylic acids is 3. The summed E-state index contributed by atoms with van der Waals surface area (Å²) >= 11 is 0. The number of methoxy groups -OCH3 is 1. The van der Waals surface area contributed by atoms with Gasteiger partial charge in [0, 0.05) is 49.9 Å². The molecule has 1 heterocycles. The quantitative estimate of drug-likeness (QED) is 0.195. The van der Waals surface area contributed by atoms with Crippen LogP contribution in [0.3, 0.4) is 0 Å². The highest BCUT2D eigenvalue weighted by Crippen LogP contribution is 2.53. The average Bonchev–Trinajstić information content (AvgIpc) is 3.41. The van der Waals surface area contributed by atoms with E-state index in [4.69, 9.17) is 9.15 Å². The van der Waals surface area contributed by atoms with Gasteiger partial charge < -0.3 is 40.2 Å². The van der Waals surface area contributed by atoms with Crippen LogP contribution in [-0.4, -0.2) is 95.8 Å². The van der Waals surface area contributed by atoms with Gasteiger partial charge in [-0.1, -0.05) is 0 Å². The molecule has 4 atom stereocenters. The van der Waals surface area contributed by atoms with Crippen molar-refractivity contribution in [2.24, 2.45) is 11.8 Å². The fraction of sp³-hybridized carbons (Fsp3) is 0.433. The van der Waals surface area contributed by atoms with Crippen LogP contribution in [-0.2, 0) is 32.1 Å². The highest BCUT2D eigenvalue weighted by molar-refractivity contribution is 6.25. The number of fused-ring (bicyclic) bond motifs is 3. The van der Waals surface area contributed by atoms with Crippen molar-refractivity contribution in [1.82, 2.24) is 15.5 Å². The van der Waals surface area contributed by atoms with Crippen molar-refractivity contribution in [2.75, 3.05) is 41.4 Å². The lowest BCUT2D eigenvalue weighted by Crippen LogP contribution is -2.65. The Balaban J connectivity index is 1.65. The second kappa shape index (κ2) is 11.0. The number of Topliss-reactive ketones (excluding diaryl/α,β-unsaturated/α-hetero) is 2. The molecule has 5 rings (SSSR count). The van der Waals surface area contributed by atoms with Gasteiger partial charge in [0.05, 0.1) is 24.5 Å². The molecular weight excluding hydrogens is 546 g/mol. The fourth-order valence-corrected chi connectivity index (χ4v) is 6.67. The molecule has 1 aromatic heterocycles. The van der Waals surface area contributed by atoms with Gasteiger partial charge in [0.15, 0.2) is 11.4 Å². The number of ether oxygens (including phenoxy) is 1. The summed E-state index contributed by atoms with van der Waals surface area (Å²) in [5, 5.41) is 50.9. The second-order valence-electron chi connectivity index (χ2n) is 11.1. The molecule has 12 nitrogen and oxygen atoms in total. The van der Waals surface area contributed by atoms with E-state index in [-0.39, 0.29) is 29.7 Å². The molecule has 2 aromatic rings. The summed E-state index contributed by atoms with van der Waals surface area (Å²) in [4.78, 5) is 41.7. The Labute approximate surface area is 242 Å². The molecule has 0 saturated heterocycles. The van der Waals surface area contributed by atoms with Crippen molar-refractivity contribution < 1.29 is 44.0 Å². The van der Waals surface area contributed by atoms with Gasteiger partial charge >= 0.3 is 0 Å². The number of hydrogen-bond acceptors (Lipinski definition) is 11. The number of likely N-dealkylation sites (N-methyl/N-ethyl adjacent to an activating group) is 2. The molecule has 1 fully saturated rings. The molecule has 0 unspecified atom stereocenters. The third kappa shape index (κ3) is 4.33. The lowest BCUT2D eigenvalue weighted by Gasteiger charge is -2.50. The first-order chi connectivity index (χ1) is 20.0. The highest BCUT2D eigenvalue weighted by Gasteiger charge is 2.64. The number of aromatic hydroxyl groups is 1. The first-order valence-electron chi connectivity index (χ1n) is 13.7. The molecule has 3 aliphatic carbocycles. The molecule has 1 saturated carbocycles. The first-order valence-corrected chi connectivity index (χ1v) is 13.7. The first kappa shape index (κ1) is 29.5. The molecular formula is C30H35N3O9. The van der Waals surface area contributed by atoms with Crippen LogP contribution in [0.5, 0.6) is 5.75 Å². The summed E-state index contributed by atoms with van der Waals surface area (Å²) in [6.45, 7) is 1.62. The van der Waals surface area contributed by atoms with Gasteiger partial charge in [-0.05, 0) is 56.6 Å². The van der Waals surface area contributed by atoms with Gasteiger partial charge in [0.1, 0.15) is 28.6 Å². The number of carbonyl (C=O) groups is 3. The Morgan fingerprint density at radius 2 is 1.93 bits per heavy atom. The van der Waals surface area contributed by atoms with Crippen molar-refractivity contribution >= 4 is 23.2 Å². The van der Waals surface area contributed by atoms with E-state index in [1.807, 2.05) is 6.07 Å². The number of aliphatic hydroxyl groups is 3. The van der Waals surface area contributed by atoms with E-state index in [0.717, 1.165) is 5.56 Å². The van der Waals surface area contributed by atoms with Crippen molar-refractivity contribution in [3.63, 3.8) is 0 Å². The Kier molecular flexibility index (Phi) is 7.75. The number of phenolic OH excluding ortho intramolecular Hbond substituents is 1. The van der Waals surface area contributed by atoms with Crippen molar-refractivity contribution in [3.8, 4) is 17.1 Å². The minimum absolute atomic E-state index is 0.0230. The predicted molar refractivity (Wildman–Crippen MR) is 150 cm³/mol. The van der Waals surface area contributed by atoms with Crippen LogP contribution in [0.1, 0.15) is 23.1 Å². The summed E-state index contributed by atoms with van der Waals surface area (Å²) in [5.41, 5.74) is -1.50. The van der Waals surface area contributed by atoms with Crippen molar-refractivity contribution in [2.45, 2.75) is 31.0 Å². The zero-order valence-electron chi connectivity index (χ0n) is 23.9. The molecule has 12 heteroatoms. The van der Waals surface area contributed by atoms with Crippen LogP contribution in [0.2, 0.25) is 0 Å². The number of nitrogens with one attached hydrogen (secondary N) is 2. The van der Waals surface area contributed by atoms with E-state index in [1.165, 1.54) is 18.0 Å². The Bertz CT molecular complexity index is 1520. The number of furan rings is 1. The molecule has 0 spiro atoms. The number of aliphatic hydroxyl groups excluding tert-OH is 2. The zero-order valence-corrected chi connectivity index (χ0v) is 23.9. The topological polar surface area (TPSA) is 182 Å². The summed E-state index contributed by atoms with van der Waals surface area (Å²) in [6.07, 6.45) is 1.75. The predicted octanol–water partition coefficient (Wildman–Crippen LogP) is 1.22. The Hall–Kier alpha value is -3.97. The maximum Gasteiger partial charge on any atom is 0.258 e. The number of phenols is 1. The van der Waals surface area contributed by atoms with Crippen molar-refractivity contribution in [1.29, 1.82) is 0 Å². The van der Waals surface area contributed by atoms with E-state index in [0.29, 0.717) is 36.6 Å². The number of ketones is 2. The summed E-state index contributed by atoms with van der Waals surface area (Å²) < 4.78 is 10.9. The number of nitrogens with zero attached hydrogens (tertiary/aromatic N) is 1. The van der Waals surface area contributed by atoms with Crippen LogP contribution in [0.25, 0.3) is 17.1 Å². The third-order valence-corrected chi connectivity index (χ3v) is 8.60. The maximum atomic E-state index is 14.1. The highest BCUT2D eigenvalue weighted by atomic mass is 16.5. The SMILES string of the molecule is CNC(=O)C1=C(O)[C@@]2(O)C(=O)C3=C(O)c4c(O)ccc(-c5occc5CNCCOC)c4C[C@H]3C[C@H]2[C@H](N(C)C)C1=O. The minimum atomic E-state index is -2.64. The molecule has 0 radical (unpaired) electrons. The van der Waals surface area contributed by atoms with Crippen LogP contribution in [0.15, 0.2) is 45.8 Å². The van der Waals surface area contributed by atoms with E-state index in [2.05, 4.69) is 10.6 Å². The molecule has 42 heavy (non-hydrogen) atoms. The Morgan fingerprint density at radius 3 is 2.60 bits per heavy atom. The zero-order chi connectivity index (χ0) is 30.5. The largest absolute Gasteiger partial charge is 0.508 e. The van der Waals surface area contributed by atoms with Gasteiger partial charge in [0.2, 0.25) is 5.78 Å². The van der Waals surface area contributed by atoms with Crippen LogP contribution >= 0.6 is 0 Å². The summed E-state index contributed by atoms with van der Waals surface area (Å²) in [5.74, 6) is -5.77. The van der Waals surface area contributed by atoms with Gasteiger partial charge in [-0.25, -0.2) is 0 Å². The fourth-order valence-electron chi connectivity index (χ4n) is 6.67. The lowest BCUT2D eigenvalue weighted by molar-refractivity contribution is -0.153. The van der Waals surface area contributed by atoms with E-state index >= 15 is 0 Å². The van der Waals surface area contributed by atoms with Crippen LogP contribution in [0, 0.1) is 11.8 Å². The maximum absolute atomic E-state index is 14.1. The molecule has 0 bridgehead atoms. The molecule has 3 aliphatic rings. The smallest absolute Gasteiger partial charge is 0.258 e. The van der Waals surface area contributed by atoms with E-state index in [9.17, 15) is 34.8 Å². The van der Waals surface area contributed by atoms with Gasteiger partial charge in [0.25, 0.3) is 5.91 Å². The van der Waals surface area contributed by atoms with Crippen LogP contribution < -0.4 is 10.6 Å². The number of hydrogen-bond donors (Lipinski definition) is 6. The average molecular weight is 582 g/mol. The normalized spacial score (nSPS) is 25.4. The van der Waals surface area contributed by atoms with E-state index < -0.39 is 58.0 Å². The summed E-state index contributed by atoms with van der Waals surface area (Å²) in [6, 6.07) is 3.79. The molecule has 6 N–H and O–H groups in total. The number of benzene rings is 1. The van der Waals surface area contributed by atoms with Gasteiger partial charge in [-0.2, -0.15) is 0 Å². The van der Waals surface area contributed by atoms with E-state index in [1.54, 1.807) is 33.5 Å². The second-order valence-corrected chi connectivity index (χ2v) is 11.1. The van der Waals surface area contributed by atoms with Crippen LogP contribution in [0.4, 0.5) is 0 Å². The lowest BCUT2D eigenvalue weighted by atomic mass is 9.57. The summed E-state index contributed by atoms with van der Waals surface area (Å²) in [7, 11) is 6.06. The standard InChI is InChI=1S/C30H35N3O9/c1-31-29(39)22-25(36)23(33(2)3)18-12-15-11-17-16(26-14(7-9-42-26)13-32-8-10-41-4)5-6-19(34)21(17)24(35)20(15)27(37)30(18,40)28(22)38/h5-7,9,15,18,23,32,34-35,38,40H,8,10-13H2,1-4H3,(H,31,39)/t15-,18-,23-,30-/m0/s1. The minimum Gasteiger partial charge on any atom is -0.508 e. The molecule has 224 valence electrons.